The highest BCUT2D eigenvalue weighted by Crippen LogP contribution is 2.46. The largest absolute Gasteiger partial charge is 0.303 e. The number of hydrogen-bond acceptors (Lipinski definition) is 8. The van der Waals surface area contributed by atoms with Gasteiger partial charge in [0, 0.05) is 17.7 Å². The Morgan fingerprint density at radius 2 is 1.76 bits per heavy atom. The van der Waals surface area contributed by atoms with E-state index in [4.69, 9.17) is 20.0 Å². The Morgan fingerprint density at radius 3 is 2.48 bits per heavy atom. The van der Waals surface area contributed by atoms with Crippen LogP contribution in [-0.2, 0) is 4.79 Å². The molecular weight excluding hydrogens is 450 g/mol. The van der Waals surface area contributed by atoms with Crippen LogP contribution < -0.4 is 0 Å². The predicted octanol–water partition coefficient (Wildman–Crippen LogP) is 5.41. The molecule has 0 N–H and O–H groups in total. The molecule has 0 aliphatic carbocycles. The van der Waals surface area contributed by atoms with Crippen LogP contribution in [0.25, 0.3) is 32.9 Å². The molecule has 2 aliphatic heterocycles. The van der Waals surface area contributed by atoms with E-state index in [1.807, 2.05) is 48.5 Å². The number of thiophene rings is 1. The third kappa shape index (κ3) is 3.55. The lowest BCUT2D eigenvalue weighted by molar-refractivity contribution is -0.114. The predicted molar refractivity (Wildman–Crippen MR) is 137 cm³/mol. The van der Waals surface area contributed by atoms with Gasteiger partial charge in [-0.1, -0.05) is 72.4 Å². The minimum Gasteiger partial charge on any atom is -0.303 e. The topological polar surface area (TPSA) is 70.8 Å². The van der Waals surface area contributed by atoms with Crippen molar-refractivity contribution in [3.05, 3.63) is 65.5 Å². The summed E-state index contributed by atoms with van der Waals surface area (Å²) in [6.07, 6.45) is 0. The molecule has 0 unspecified atom stereocenters. The van der Waals surface area contributed by atoms with Crippen LogP contribution in [0.2, 0.25) is 0 Å². The number of fused-ring (bicyclic) bond motifs is 5. The van der Waals surface area contributed by atoms with Crippen molar-refractivity contribution >= 4 is 55.8 Å². The van der Waals surface area contributed by atoms with Crippen molar-refractivity contribution in [2.75, 3.05) is 18.8 Å². The van der Waals surface area contributed by atoms with Gasteiger partial charge in [0.25, 0.3) is 0 Å². The lowest BCUT2D eigenvalue weighted by Gasteiger charge is -2.25. The van der Waals surface area contributed by atoms with Crippen molar-refractivity contribution in [3.63, 3.8) is 0 Å². The van der Waals surface area contributed by atoms with Crippen molar-refractivity contribution in [1.29, 1.82) is 0 Å². The maximum Gasteiger partial charge on any atom is 0.170 e. The number of hydrogen-bond donors (Lipinski definition) is 0. The van der Waals surface area contributed by atoms with E-state index in [0.717, 1.165) is 61.7 Å². The van der Waals surface area contributed by atoms with Gasteiger partial charge in [-0.25, -0.2) is 15.0 Å². The van der Waals surface area contributed by atoms with Crippen molar-refractivity contribution < 1.29 is 4.79 Å². The summed E-state index contributed by atoms with van der Waals surface area (Å²) in [5.74, 6) is 2.14. The Balaban J connectivity index is 1.62. The third-order valence-corrected chi connectivity index (χ3v) is 7.68. The fourth-order valence-corrected chi connectivity index (χ4v) is 5.98. The third-order valence-electron chi connectivity index (χ3n) is 5.49. The molecule has 0 spiro atoms. The van der Waals surface area contributed by atoms with Crippen LogP contribution in [0.3, 0.4) is 0 Å². The summed E-state index contributed by atoms with van der Waals surface area (Å²) in [4.78, 5) is 35.5. The van der Waals surface area contributed by atoms with Crippen LogP contribution in [0.4, 0.5) is 5.69 Å². The Bertz CT molecular complexity index is 1440. The number of aromatic nitrogens is 2. The number of nitrogens with zero attached hydrogens (tertiary/aromatic N) is 5. The van der Waals surface area contributed by atoms with E-state index >= 15 is 0 Å². The molecule has 2 aliphatic rings. The average molecular weight is 470 g/mol. The van der Waals surface area contributed by atoms with Gasteiger partial charge in [-0.3, -0.25) is 9.79 Å². The standard InChI is InChI=1S/C25H19N5OS2/c1-15(31)14-32-25-28-20-18-19(16-8-4-2-5-9-16)27-22(17-10-6-3-7-11-17)29-24(18)33-21(20)23-26-12-13-30(23)25/h2-11H,12-14H2,1H3. The Morgan fingerprint density at radius 1 is 1.03 bits per heavy atom. The lowest BCUT2D eigenvalue weighted by atomic mass is 10.1. The second-order valence-electron chi connectivity index (χ2n) is 7.83. The summed E-state index contributed by atoms with van der Waals surface area (Å²) in [6, 6.07) is 20.2. The van der Waals surface area contributed by atoms with E-state index in [2.05, 4.69) is 17.0 Å². The molecule has 0 fully saturated rings. The number of carbonyl (C=O) groups excluding carboxylic acids is 1. The number of carbonyl (C=O) groups is 1. The first-order valence-corrected chi connectivity index (χ1v) is 12.5. The van der Waals surface area contributed by atoms with Gasteiger partial charge < -0.3 is 4.90 Å². The van der Waals surface area contributed by atoms with Gasteiger partial charge in [0.05, 0.1) is 33.9 Å². The van der Waals surface area contributed by atoms with Gasteiger partial charge >= 0.3 is 0 Å². The normalized spacial score (nSPS) is 14.6. The first-order valence-electron chi connectivity index (χ1n) is 10.7. The lowest BCUT2D eigenvalue weighted by Crippen LogP contribution is -2.35. The van der Waals surface area contributed by atoms with Gasteiger partial charge in [0.15, 0.2) is 11.0 Å². The van der Waals surface area contributed by atoms with Crippen molar-refractivity contribution in [3.8, 4) is 22.6 Å². The van der Waals surface area contributed by atoms with Gasteiger partial charge in [0.2, 0.25) is 0 Å². The fourth-order valence-electron chi connectivity index (χ4n) is 4.03. The molecule has 33 heavy (non-hydrogen) atoms. The molecule has 0 saturated carbocycles. The molecule has 8 heteroatoms. The Kier molecular flexibility index (Phi) is 5.04. The number of aliphatic imine (C=N–C) groups is 2. The van der Waals surface area contributed by atoms with Gasteiger partial charge in [-0.2, -0.15) is 0 Å². The maximum absolute atomic E-state index is 11.7. The number of amidine groups is 2. The highest BCUT2D eigenvalue weighted by atomic mass is 32.2. The van der Waals surface area contributed by atoms with E-state index in [1.54, 1.807) is 18.3 Å². The van der Waals surface area contributed by atoms with Gasteiger partial charge in [0.1, 0.15) is 16.4 Å². The Hall–Kier alpha value is -3.36. The first kappa shape index (κ1) is 20.3. The van der Waals surface area contributed by atoms with Crippen LogP contribution in [0.1, 0.15) is 11.8 Å². The van der Waals surface area contributed by atoms with Gasteiger partial charge in [-0.15, -0.1) is 11.3 Å². The van der Waals surface area contributed by atoms with Crippen molar-refractivity contribution in [2.45, 2.75) is 6.92 Å². The fraction of sp³-hybridized carbons (Fsp3) is 0.160. The number of rotatable bonds is 4. The minimum atomic E-state index is 0.127. The second kappa shape index (κ2) is 8.20. The molecule has 4 heterocycles. The molecule has 4 aromatic rings. The molecule has 6 nitrogen and oxygen atoms in total. The monoisotopic (exact) mass is 469 g/mol. The van der Waals surface area contributed by atoms with Crippen molar-refractivity contribution in [1.82, 2.24) is 14.9 Å². The van der Waals surface area contributed by atoms with Crippen LogP contribution in [0, 0.1) is 0 Å². The molecule has 0 bridgehead atoms. The number of benzene rings is 2. The molecule has 6 rings (SSSR count). The zero-order valence-corrected chi connectivity index (χ0v) is 19.5. The summed E-state index contributed by atoms with van der Waals surface area (Å²) >= 11 is 3.08. The molecule has 162 valence electrons. The minimum absolute atomic E-state index is 0.127. The van der Waals surface area contributed by atoms with E-state index in [-0.39, 0.29) is 5.78 Å². The second-order valence-corrected chi connectivity index (χ2v) is 9.77. The van der Waals surface area contributed by atoms with Crippen LogP contribution in [-0.4, -0.2) is 50.5 Å². The quantitative estimate of drug-likeness (QED) is 0.400. The zero-order valence-electron chi connectivity index (χ0n) is 17.9. The summed E-state index contributed by atoms with van der Waals surface area (Å²) in [6.45, 7) is 3.10. The molecule has 0 saturated heterocycles. The molecule has 2 aromatic carbocycles. The summed E-state index contributed by atoms with van der Waals surface area (Å²) < 4.78 is 0. The van der Waals surface area contributed by atoms with Crippen LogP contribution in [0.15, 0.2) is 70.6 Å². The Labute approximate surface area is 199 Å². The number of Topliss-reactive ketones (excluding diaryl/α,β-unsaturated/α-hetero) is 1. The first-order chi connectivity index (χ1) is 16.2. The summed E-state index contributed by atoms with van der Waals surface area (Å²) in [5.41, 5.74) is 3.72. The molecule has 0 amide bonds. The SMILES string of the molecule is CC(=O)CSC1=Nc2c(sc3nc(-c4ccccc4)nc(-c4ccccc4)c23)C2=NCCN12. The highest BCUT2D eigenvalue weighted by Gasteiger charge is 2.34. The molecule has 0 radical (unpaired) electrons. The molecular formula is C25H19N5OS2. The molecule has 0 atom stereocenters. The average Bonchev–Trinajstić information content (AvgIpc) is 3.48. The molecule has 2 aromatic heterocycles. The highest BCUT2D eigenvalue weighted by molar-refractivity contribution is 8.14. The van der Waals surface area contributed by atoms with E-state index in [1.165, 1.54) is 11.8 Å². The smallest absolute Gasteiger partial charge is 0.170 e. The van der Waals surface area contributed by atoms with Crippen LogP contribution >= 0.6 is 23.1 Å². The number of ketones is 1. The number of thioether (sulfide) groups is 1. The summed E-state index contributed by atoms with van der Waals surface area (Å²) in [7, 11) is 0. The van der Waals surface area contributed by atoms with E-state index in [0.29, 0.717) is 11.6 Å². The van der Waals surface area contributed by atoms with Gasteiger partial charge in [-0.05, 0) is 6.92 Å². The van der Waals surface area contributed by atoms with E-state index < -0.39 is 0 Å². The van der Waals surface area contributed by atoms with E-state index in [9.17, 15) is 4.79 Å². The van der Waals surface area contributed by atoms with Crippen LogP contribution in [0.5, 0.6) is 0 Å². The summed E-state index contributed by atoms with van der Waals surface area (Å²) in [5, 5.41) is 1.76. The van der Waals surface area contributed by atoms with Crippen molar-refractivity contribution in [2.24, 2.45) is 9.98 Å². The zero-order chi connectivity index (χ0) is 22.4. The maximum atomic E-state index is 11.7.